The summed E-state index contributed by atoms with van der Waals surface area (Å²) in [6.07, 6.45) is 7.09. The summed E-state index contributed by atoms with van der Waals surface area (Å²) < 4.78 is 18.5. The fourth-order valence-electron chi connectivity index (χ4n) is 3.24. The monoisotopic (exact) mass is 309 g/mol. The Hall–Kier alpha value is -0.970. The molecule has 0 aliphatic heterocycles. The van der Waals surface area contributed by atoms with Gasteiger partial charge >= 0.3 is 0 Å². The van der Waals surface area contributed by atoms with Crippen molar-refractivity contribution in [3.8, 4) is 0 Å². The van der Waals surface area contributed by atoms with E-state index in [4.69, 9.17) is 4.74 Å². The molecule has 3 nitrogen and oxygen atoms in total. The smallest absolute Gasteiger partial charge is 0.123 e. The molecule has 1 aliphatic carbocycles. The average molecular weight is 309 g/mol. The molecular formula is C18H28FNO2. The zero-order chi connectivity index (χ0) is 15.8. The SMILES string of the molecule is COC1CCC(CCCNCC(O)c2cccc(F)c2)CC1. The fourth-order valence-corrected chi connectivity index (χ4v) is 3.24. The Labute approximate surface area is 132 Å². The second-order valence-electron chi connectivity index (χ2n) is 6.30. The normalized spacial score (nSPS) is 23.4. The lowest BCUT2D eigenvalue weighted by molar-refractivity contribution is 0.0552. The van der Waals surface area contributed by atoms with Gasteiger partial charge in [0, 0.05) is 13.7 Å². The van der Waals surface area contributed by atoms with Crippen LogP contribution in [0.15, 0.2) is 24.3 Å². The second kappa shape index (κ2) is 9.23. The van der Waals surface area contributed by atoms with Gasteiger partial charge in [-0.3, -0.25) is 0 Å². The van der Waals surface area contributed by atoms with Crippen LogP contribution in [0.1, 0.15) is 50.2 Å². The first-order valence-electron chi connectivity index (χ1n) is 8.36. The maximum Gasteiger partial charge on any atom is 0.123 e. The molecular weight excluding hydrogens is 281 g/mol. The van der Waals surface area contributed by atoms with Gasteiger partial charge in [-0.25, -0.2) is 4.39 Å². The van der Waals surface area contributed by atoms with Crippen LogP contribution in [-0.4, -0.2) is 31.4 Å². The molecule has 4 heteroatoms. The second-order valence-corrected chi connectivity index (χ2v) is 6.30. The van der Waals surface area contributed by atoms with E-state index in [1.807, 2.05) is 0 Å². The molecule has 1 unspecified atom stereocenters. The van der Waals surface area contributed by atoms with Gasteiger partial charge in [-0.05, 0) is 68.7 Å². The van der Waals surface area contributed by atoms with Crippen molar-refractivity contribution in [2.45, 2.75) is 50.7 Å². The van der Waals surface area contributed by atoms with Crippen LogP contribution in [0.3, 0.4) is 0 Å². The summed E-state index contributed by atoms with van der Waals surface area (Å²) in [6, 6.07) is 6.16. The maximum absolute atomic E-state index is 13.1. The number of hydrogen-bond acceptors (Lipinski definition) is 3. The topological polar surface area (TPSA) is 41.5 Å². The van der Waals surface area contributed by atoms with Crippen LogP contribution < -0.4 is 5.32 Å². The minimum absolute atomic E-state index is 0.303. The summed E-state index contributed by atoms with van der Waals surface area (Å²) in [5, 5.41) is 13.3. The van der Waals surface area contributed by atoms with Crippen LogP contribution in [0.2, 0.25) is 0 Å². The largest absolute Gasteiger partial charge is 0.387 e. The number of hydrogen-bond donors (Lipinski definition) is 2. The lowest BCUT2D eigenvalue weighted by Crippen LogP contribution is -2.24. The van der Waals surface area contributed by atoms with Gasteiger partial charge in [0.25, 0.3) is 0 Å². The van der Waals surface area contributed by atoms with Gasteiger partial charge in [-0.15, -0.1) is 0 Å². The number of benzene rings is 1. The van der Waals surface area contributed by atoms with Gasteiger partial charge in [-0.2, -0.15) is 0 Å². The van der Waals surface area contributed by atoms with Gasteiger partial charge in [0.2, 0.25) is 0 Å². The summed E-state index contributed by atoms with van der Waals surface area (Å²) in [6.45, 7) is 1.37. The third kappa shape index (κ3) is 5.67. The standard InChI is InChI=1S/C18H28FNO2/c1-22-17-9-7-14(8-10-17)4-3-11-20-13-18(21)15-5-2-6-16(19)12-15/h2,5-6,12,14,17-18,20-21H,3-4,7-11,13H2,1H3. The number of nitrogens with one attached hydrogen (secondary N) is 1. The molecule has 2 N–H and O–H groups in total. The summed E-state index contributed by atoms with van der Waals surface area (Å²) in [5.74, 6) is 0.518. The Morgan fingerprint density at radius 2 is 2.09 bits per heavy atom. The highest BCUT2D eigenvalue weighted by atomic mass is 19.1. The number of halogens is 1. The summed E-state index contributed by atoms with van der Waals surface area (Å²) in [5.41, 5.74) is 0.630. The molecule has 0 aromatic heterocycles. The molecule has 22 heavy (non-hydrogen) atoms. The average Bonchev–Trinajstić information content (AvgIpc) is 2.55. The highest BCUT2D eigenvalue weighted by Gasteiger charge is 2.20. The van der Waals surface area contributed by atoms with Gasteiger partial charge < -0.3 is 15.2 Å². The Balaban J connectivity index is 1.56. The molecule has 1 saturated carbocycles. The Morgan fingerprint density at radius 1 is 1.32 bits per heavy atom. The molecule has 0 saturated heterocycles. The van der Waals surface area contributed by atoms with E-state index in [0.29, 0.717) is 18.2 Å². The van der Waals surface area contributed by atoms with E-state index in [9.17, 15) is 9.50 Å². The molecule has 0 heterocycles. The highest BCUT2D eigenvalue weighted by Crippen LogP contribution is 2.28. The lowest BCUT2D eigenvalue weighted by atomic mass is 9.84. The molecule has 0 radical (unpaired) electrons. The van der Waals surface area contributed by atoms with Crippen LogP contribution >= 0.6 is 0 Å². The number of aliphatic hydroxyl groups is 1. The van der Waals surface area contributed by atoms with E-state index in [0.717, 1.165) is 18.9 Å². The van der Waals surface area contributed by atoms with Crippen molar-refractivity contribution in [3.63, 3.8) is 0 Å². The maximum atomic E-state index is 13.1. The summed E-state index contributed by atoms with van der Waals surface area (Å²) >= 11 is 0. The Morgan fingerprint density at radius 3 is 2.77 bits per heavy atom. The minimum atomic E-state index is -0.646. The van der Waals surface area contributed by atoms with Gasteiger partial charge in [-0.1, -0.05) is 12.1 Å². The minimum Gasteiger partial charge on any atom is -0.387 e. The van der Waals surface area contributed by atoms with Crippen molar-refractivity contribution in [1.29, 1.82) is 0 Å². The van der Waals surface area contributed by atoms with Crippen molar-refractivity contribution in [2.75, 3.05) is 20.2 Å². The van der Waals surface area contributed by atoms with Gasteiger partial charge in [0.1, 0.15) is 5.82 Å². The molecule has 1 atom stereocenters. The molecule has 0 spiro atoms. The van der Waals surface area contributed by atoms with Crippen molar-refractivity contribution in [3.05, 3.63) is 35.6 Å². The zero-order valence-corrected chi connectivity index (χ0v) is 13.4. The predicted octanol–water partition coefficient (Wildman–Crippen LogP) is 3.43. The molecule has 2 rings (SSSR count). The Bertz CT molecular complexity index is 433. The number of aliphatic hydroxyl groups excluding tert-OH is 1. The third-order valence-electron chi connectivity index (χ3n) is 4.66. The van der Waals surface area contributed by atoms with Crippen LogP contribution in [0.25, 0.3) is 0 Å². The predicted molar refractivity (Wildman–Crippen MR) is 86.2 cm³/mol. The molecule has 124 valence electrons. The molecule has 0 bridgehead atoms. The first-order chi connectivity index (χ1) is 10.7. The molecule has 1 aromatic rings. The van der Waals surface area contributed by atoms with Gasteiger partial charge in [0.15, 0.2) is 0 Å². The number of ether oxygens (including phenoxy) is 1. The first-order valence-corrected chi connectivity index (χ1v) is 8.36. The molecule has 1 fully saturated rings. The quantitative estimate of drug-likeness (QED) is 0.723. The van der Waals surface area contributed by atoms with Gasteiger partial charge in [0.05, 0.1) is 12.2 Å². The Kier molecular flexibility index (Phi) is 7.30. The van der Waals surface area contributed by atoms with Crippen molar-refractivity contribution < 1.29 is 14.2 Å². The van der Waals surface area contributed by atoms with E-state index in [2.05, 4.69) is 5.32 Å². The van der Waals surface area contributed by atoms with Crippen LogP contribution in [-0.2, 0) is 4.74 Å². The summed E-state index contributed by atoms with van der Waals surface area (Å²) in [4.78, 5) is 0. The molecule has 1 aliphatic rings. The van der Waals surface area contributed by atoms with E-state index >= 15 is 0 Å². The van der Waals surface area contributed by atoms with E-state index in [1.54, 1.807) is 19.2 Å². The fraction of sp³-hybridized carbons (Fsp3) is 0.667. The third-order valence-corrected chi connectivity index (χ3v) is 4.66. The number of rotatable bonds is 8. The highest BCUT2D eigenvalue weighted by molar-refractivity contribution is 5.18. The van der Waals surface area contributed by atoms with E-state index in [1.165, 1.54) is 44.2 Å². The molecule has 0 amide bonds. The lowest BCUT2D eigenvalue weighted by Gasteiger charge is -2.27. The number of methoxy groups -OCH3 is 1. The van der Waals surface area contributed by atoms with E-state index < -0.39 is 6.10 Å². The van der Waals surface area contributed by atoms with Crippen LogP contribution in [0.5, 0.6) is 0 Å². The first kappa shape index (κ1) is 17.4. The molecule has 1 aromatic carbocycles. The van der Waals surface area contributed by atoms with E-state index in [-0.39, 0.29) is 5.82 Å². The van der Waals surface area contributed by atoms with Crippen molar-refractivity contribution in [1.82, 2.24) is 5.32 Å². The van der Waals surface area contributed by atoms with Crippen molar-refractivity contribution in [2.24, 2.45) is 5.92 Å². The zero-order valence-electron chi connectivity index (χ0n) is 13.4. The summed E-state index contributed by atoms with van der Waals surface area (Å²) in [7, 11) is 1.80. The van der Waals surface area contributed by atoms with Crippen molar-refractivity contribution >= 4 is 0 Å². The van der Waals surface area contributed by atoms with Crippen LogP contribution in [0, 0.1) is 11.7 Å². The van der Waals surface area contributed by atoms with Crippen LogP contribution in [0.4, 0.5) is 4.39 Å².